The van der Waals surface area contributed by atoms with Crippen LogP contribution in [0.5, 0.6) is 11.5 Å². The van der Waals surface area contributed by atoms with Gasteiger partial charge in [-0.05, 0) is 45.3 Å². The van der Waals surface area contributed by atoms with Crippen molar-refractivity contribution in [2.75, 3.05) is 20.6 Å². The number of amides is 1. The number of hydrogen-bond acceptors (Lipinski definition) is 4. The summed E-state index contributed by atoms with van der Waals surface area (Å²) in [6, 6.07) is 11.0. The number of pyridine rings is 1. The Morgan fingerprint density at radius 3 is 2.73 bits per heavy atom. The first-order chi connectivity index (χ1) is 10.6. The third kappa shape index (κ3) is 4.30. The molecule has 0 bridgehead atoms. The van der Waals surface area contributed by atoms with Gasteiger partial charge in [-0.25, -0.2) is 0 Å². The number of rotatable bonds is 6. The maximum Gasteiger partial charge on any atom is 0.255 e. The molecule has 2 rings (SSSR count). The topological polar surface area (TPSA) is 54.5 Å². The number of aromatic nitrogens is 1. The molecule has 1 aromatic carbocycles. The van der Waals surface area contributed by atoms with Gasteiger partial charge in [0.1, 0.15) is 11.5 Å². The highest BCUT2D eigenvalue weighted by Gasteiger charge is 2.14. The lowest BCUT2D eigenvalue weighted by Crippen LogP contribution is -2.38. The molecule has 1 atom stereocenters. The second-order valence-corrected chi connectivity index (χ2v) is 5.31. The van der Waals surface area contributed by atoms with Crippen molar-refractivity contribution in [3.63, 3.8) is 0 Å². The first kappa shape index (κ1) is 16.0. The SMILES string of the molecule is C[C@@H](CNC(=O)c1ccccc1Oc1cccnc1)N(C)C. The van der Waals surface area contributed by atoms with Crippen LogP contribution in [0, 0.1) is 0 Å². The molecule has 0 spiro atoms. The van der Waals surface area contributed by atoms with Crippen LogP contribution in [0.15, 0.2) is 48.8 Å². The van der Waals surface area contributed by atoms with Crippen molar-refractivity contribution in [3.8, 4) is 11.5 Å². The van der Waals surface area contributed by atoms with E-state index < -0.39 is 0 Å². The molecule has 0 unspecified atom stereocenters. The second-order valence-electron chi connectivity index (χ2n) is 5.31. The van der Waals surface area contributed by atoms with Crippen LogP contribution in [0.25, 0.3) is 0 Å². The molecule has 1 amide bonds. The molecule has 1 heterocycles. The van der Waals surface area contributed by atoms with Crippen molar-refractivity contribution in [1.82, 2.24) is 15.2 Å². The summed E-state index contributed by atoms with van der Waals surface area (Å²) in [6.07, 6.45) is 3.29. The molecule has 5 nitrogen and oxygen atoms in total. The third-order valence-electron chi connectivity index (χ3n) is 3.43. The largest absolute Gasteiger partial charge is 0.455 e. The minimum atomic E-state index is -0.145. The zero-order valence-corrected chi connectivity index (χ0v) is 13.1. The predicted molar refractivity (Wildman–Crippen MR) is 86.2 cm³/mol. The molecule has 5 heteroatoms. The smallest absolute Gasteiger partial charge is 0.255 e. The van der Waals surface area contributed by atoms with Crippen molar-refractivity contribution in [2.24, 2.45) is 0 Å². The van der Waals surface area contributed by atoms with Gasteiger partial charge in [0.15, 0.2) is 0 Å². The van der Waals surface area contributed by atoms with Gasteiger partial charge in [0, 0.05) is 18.8 Å². The fourth-order valence-corrected chi connectivity index (χ4v) is 1.80. The van der Waals surface area contributed by atoms with Gasteiger partial charge in [-0.15, -0.1) is 0 Å². The lowest BCUT2D eigenvalue weighted by molar-refractivity contribution is 0.0941. The summed E-state index contributed by atoms with van der Waals surface area (Å²) >= 11 is 0. The normalized spacial score (nSPS) is 12.0. The van der Waals surface area contributed by atoms with E-state index >= 15 is 0 Å². The van der Waals surface area contributed by atoms with Gasteiger partial charge >= 0.3 is 0 Å². The van der Waals surface area contributed by atoms with Crippen LogP contribution in [0.4, 0.5) is 0 Å². The zero-order valence-electron chi connectivity index (χ0n) is 13.1. The number of carbonyl (C=O) groups is 1. The van der Waals surface area contributed by atoms with Crippen LogP contribution in [0.3, 0.4) is 0 Å². The van der Waals surface area contributed by atoms with Crippen LogP contribution in [0.2, 0.25) is 0 Å². The van der Waals surface area contributed by atoms with E-state index in [2.05, 4.69) is 22.1 Å². The Balaban J connectivity index is 2.09. The van der Waals surface area contributed by atoms with E-state index in [1.165, 1.54) is 0 Å². The van der Waals surface area contributed by atoms with Crippen molar-refractivity contribution < 1.29 is 9.53 Å². The monoisotopic (exact) mass is 299 g/mol. The maximum absolute atomic E-state index is 12.4. The number of nitrogens with zero attached hydrogens (tertiary/aromatic N) is 2. The van der Waals surface area contributed by atoms with E-state index in [1.807, 2.05) is 26.2 Å². The van der Waals surface area contributed by atoms with Crippen molar-refractivity contribution in [1.29, 1.82) is 0 Å². The van der Waals surface area contributed by atoms with E-state index in [-0.39, 0.29) is 11.9 Å². The highest BCUT2D eigenvalue weighted by Crippen LogP contribution is 2.24. The first-order valence-electron chi connectivity index (χ1n) is 7.19. The second kappa shape index (κ2) is 7.56. The Morgan fingerprint density at radius 2 is 2.05 bits per heavy atom. The van der Waals surface area contributed by atoms with E-state index in [0.717, 1.165) is 0 Å². The highest BCUT2D eigenvalue weighted by molar-refractivity contribution is 5.97. The molecular formula is C17H21N3O2. The molecule has 1 N–H and O–H groups in total. The molecule has 2 aromatic rings. The van der Waals surface area contributed by atoms with Gasteiger partial charge in [-0.3, -0.25) is 9.78 Å². The van der Waals surface area contributed by atoms with Gasteiger partial charge in [0.25, 0.3) is 5.91 Å². The van der Waals surface area contributed by atoms with E-state index in [4.69, 9.17) is 4.74 Å². The number of benzene rings is 1. The van der Waals surface area contributed by atoms with Gasteiger partial charge in [0.2, 0.25) is 0 Å². The van der Waals surface area contributed by atoms with Gasteiger partial charge in [-0.2, -0.15) is 0 Å². The van der Waals surface area contributed by atoms with Crippen LogP contribution >= 0.6 is 0 Å². The molecule has 0 aliphatic carbocycles. The van der Waals surface area contributed by atoms with E-state index in [0.29, 0.717) is 23.6 Å². The Morgan fingerprint density at radius 1 is 1.27 bits per heavy atom. The van der Waals surface area contributed by atoms with E-state index in [1.54, 1.807) is 36.7 Å². The summed E-state index contributed by atoms with van der Waals surface area (Å²) in [5.41, 5.74) is 0.511. The summed E-state index contributed by atoms with van der Waals surface area (Å²) < 4.78 is 5.75. The Bertz CT molecular complexity index is 614. The predicted octanol–water partition coefficient (Wildman–Crippen LogP) is 2.55. The fraction of sp³-hybridized carbons (Fsp3) is 0.294. The zero-order chi connectivity index (χ0) is 15.9. The summed E-state index contributed by atoms with van der Waals surface area (Å²) in [4.78, 5) is 18.4. The molecule has 1 aromatic heterocycles. The number of ether oxygens (including phenoxy) is 1. The minimum Gasteiger partial charge on any atom is -0.455 e. The van der Waals surface area contributed by atoms with Crippen LogP contribution < -0.4 is 10.1 Å². The standard InChI is InChI=1S/C17H21N3O2/c1-13(20(2)3)11-19-17(21)15-8-4-5-9-16(15)22-14-7-6-10-18-12-14/h4-10,12-13H,11H2,1-3H3,(H,19,21)/t13-/m0/s1. The molecule has 0 radical (unpaired) electrons. The van der Waals surface area contributed by atoms with Crippen LogP contribution in [-0.2, 0) is 0 Å². The van der Waals surface area contributed by atoms with Crippen molar-refractivity contribution in [3.05, 3.63) is 54.4 Å². The number of nitrogens with one attached hydrogen (secondary N) is 1. The Labute approximate surface area is 130 Å². The first-order valence-corrected chi connectivity index (χ1v) is 7.19. The molecule has 0 saturated heterocycles. The average Bonchev–Trinajstić information content (AvgIpc) is 2.53. The van der Waals surface area contributed by atoms with Gasteiger partial charge < -0.3 is 15.0 Å². The van der Waals surface area contributed by atoms with E-state index in [9.17, 15) is 4.79 Å². The van der Waals surface area contributed by atoms with Gasteiger partial charge in [0.05, 0.1) is 11.8 Å². The molecule has 0 fully saturated rings. The number of para-hydroxylation sites is 1. The molecule has 0 aliphatic rings. The number of likely N-dealkylation sites (N-methyl/N-ethyl adjacent to an activating group) is 1. The van der Waals surface area contributed by atoms with Crippen molar-refractivity contribution >= 4 is 5.91 Å². The summed E-state index contributed by atoms with van der Waals surface area (Å²) in [6.45, 7) is 2.63. The molecule has 0 aliphatic heterocycles. The Kier molecular flexibility index (Phi) is 5.49. The maximum atomic E-state index is 12.4. The number of carbonyl (C=O) groups excluding carboxylic acids is 1. The quantitative estimate of drug-likeness (QED) is 0.890. The Hall–Kier alpha value is -2.40. The molecule has 22 heavy (non-hydrogen) atoms. The van der Waals surface area contributed by atoms with Crippen LogP contribution in [-0.4, -0.2) is 42.5 Å². The molecule has 116 valence electrons. The summed E-state index contributed by atoms with van der Waals surface area (Å²) in [5.74, 6) is 0.975. The average molecular weight is 299 g/mol. The third-order valence-corrected chi connectivity index (χ3v) is 3.43. The minimum absolute atomic E-state index is 0.145. The highest BCUT2D eigenvalue weighted by atomic mass is 16.5. The fourth-order valence-electron chi connectivity index (χ4n) is 1.80. The molecule has 0 saturated carbocycles. The number of hydrogen-bond donors (Lipinski definition) is 1. The van der Waals surface area contributed by atoms with Crippen LogP contribution in [0.1, 0.15) is 17.3 Å². The van der Waals surface area contributed by atoms with Crippen molar-refractivity contribution in [2.45, 2.75) is 13.0 Å². The van der Waals surface area contributed by atoms with Gasteiger partial charge in [-0.1, -0.05) is 12.1 Å². The summed E-state index contributed by atoms with van der Waals surface area (Å²) in [5, 5.41) is 2.93. The molecular weight excluding hydrogens is 278 g/mol. The lowest BCUT2D eigenvalue weighted by atomic mass is 10.2. The summed E-state index contributed by atoms with van der Waals surface area (Å²) in [7, 11) is 3.96. The lowest BCUT2D eigenvalue weighted by Gasteiger charge is -2.20.